The Morgan fingerprint density at radius 3 is 1.04 bits per heavy atom. The highest BCUT2D eigenvalue weighted by atomic mass is 14.2. The highest BCUT2D eigenvalue weighted by Gasteiger charge is 2.15. The minimum atomic E-state index is 1.07. The summed E-state index contributed by atoms with van der Waals surface area (Å²) < 4.78 is 0. The van der Waals surface area contributed by atoms with Gasteiger partial charge in [0.15, 0.2) is 0 Å². The van der Waals surface area contributed by atoms with Gasteiger partial charge >= 0.3 is 0 Å². The van der Waals surface area contributed by atoms with Crippen LogP contribution < -0.4 is 0 Å². The predicted octanol–water partition coefficient (Wildman–Crippen LogP) is 14.3. The Bertz CT molecular complexity index is 1620. The zero-order valence-electron chi connectivity index (χ0n) is 30.7. The summed E-state index contributed by atoms with van der Waals surface area (Å²) in [5, 5.41) is 0. The Hall–Kier alpha value is -3.90. The summed E-state index contributed by atoms with van der Waals surface area (Å²) in [5.41, 5.74) is 19.4. The molecule has 5 aromatic rings. The second-order valence-electron chi connectivity index (χ2n) is 13.9. The van der Waals surface area contributed by atoms with Gasteiger partial charge in [-0.1, -0.05) is 163 Å². The van der Waals surface area contributed by atoms with Crippen molar-refractivity contribution in [2.75, 3.05) is 0 Å². The summed E-state index contributed by atoms with van der Waals surface area (Å²) in [4.78, 5) is 0. The van der Waals surface area contributed by atoms with E-state index in [2.05, 4.69) is 139 Å². The first-order valence-corrected chi connectivity index (χ1v) is 19.0. The molecule has 0 atom stereocenters. The van der Waals surface area contributed by atoms with Gasteiger partial charge in [-0.25, -0.2) is 0 Å². The van der Waals surface area contributed by atoms with Crippen LogP contribution in [0.3, 0.4) is 0 Å². The summed E-state index contributed by atoms with van der Waals surface area (Å²) in [5.74, 6) is 0. The van der Waals surface area contributed by atoms with Gasteiger partial charge in [0.2, 0.25) is 0 Å². The zero-order valence-corrected chi connectivity index (χ0v) is 30.7. The minimum Gasteiger partial charge on any atom is -0.0654 e. The molecule has 0 saturated carbocycles. The number of hydrogen-bond donors (Lipinski definition) is 0. The van der Waals surface area contributed by atoms with E-state index in [1.165, 1.54) is 129 Å². The molecule has 0 aliphatic carbocycles. The average molecular weight is 635 g/mol. The molecule has 0 spiro atoms. The molecule has 0 N–H and O–H groups in total. The van der Waals surface area contributed by atoms with Crippen molar-refractivity contribution in [3.8, 4) is 44.5 Å². The number of rotatable bonds is 16. The molecule has 48 heavy (non-hydrogen) atoms. The molecule has 0 saturated heterocycles. The lowest BCUT2D eigenvalue weighted by Gasteiger charge is -2.19. The van der Waals surface area contributed by atoms with Gasteiger partial charge in [0.1, 0.15) is 0 Å². The highest BCUT2D eigenvalue weighted by Crippen LogP contribution is 2.37. The summed E-state index contributed by atoms with van der Waals surface area (Å²) >= 11 is 0. The molecular weight excluding hydrogens is 577 g/mol. The Balaban J connectivity index is 1.54. The monoisotopic (exact) mass is 634 g/mol. The smallest absolute Gasteiger partial charge is 0.0149 e. The second kappa shape index (κ2) is 17.5. The second-order valence-corrected chi connectivity index (χ2v) is 13.9. The Kier molecular flexibility index (Phi) is 12.9. The van der Waals surface area contributed by atoms with E-state index in [9.17, 15) is 0 Å². The maximum Gasteiger partial charge on any atom is -0.0149 e. The molecular formula is C48H58. The molecule has 0 aromatic heterocycles. The molecule has 0 unspecified atom stereocenters. The van der Waals surface area contributed by atoms with Crippen molar-refractivity contribution in [2.45, 2.75) is 119 Å². The number of benzene rings is 5. The van der Waals surface area contributed by atoms with Crippen molar-refractivity contribution in [1.29, 1.82) is 0 Å². The molecule has 250 valence electrons. The van der Waals surface area contributed by atoms with Crippen molar-refractivity contribution in [2.24, 2.45) is 0 Å². The van der Waals surface area contributed by atoms with E-state index in [0.717, 1.165) is 25.7 Å². The molecule has 0 radical (unpaired) electrons. The van der Waals surface area contributed by atoms with Crippen LogP contribution in [0.2, 0.25) is 0 Å². The fourth-order valence-corrected chi connectivity index (χ4v) is 7.27. The fourth-order valence-electron chi connectivity index (χ4n) is 7.27. The minimum absolute atomic E-state index is 1.07. The fraction of sp³-hybridized carbons (Fsp3) is 0.375. The first kappa shape index (κ1) is 35.4. The first-order chi connectivity index (χ1) is 23.4. The molecule has 5 rings (SSSR count). The van der Waals surface area contributed by atoms with Crippen LogP contribution in [0.5, 0.6) is 0 Å². The van der Waals surface area contributed by atoms with E-state index >= 15 is 0 Å². The Morgan fingerprint density at radius 2 is 0.688 bits per heavy atom. The van der Waals surface area contributed by atoms with Crippen molar-refractivity contribution in [1.82, 2.24) is 0 Å². The van der Waals surface area contributed by atoms with E-state index in [-0.39, 0.29) is 0 Å². The van der Waals surface area contributed by atoms with Crippen molar-refractivity contribution in [3.63, 3.8) is 0 Å². The molecule has 0 heteroatoms. The number of aryl methyl sites for hydroxylation is 6. The van der Waals surface area contributed by atoms with Crippen LogP contribution in [-0.4, -0.2) is 0 Å². The van der Waals surface area contributed by atoms with Crippen LogP contribution in [0, 0.1) is 13.8 Å². The molecule has 5 aromatic carbocycles. The molecule has 0 aliphatic rings. The Morgan fingerprint density at radius 1 is 0.333 bits per heavy atom. The van der Waals surface area contributed by atoms with E-state index < -0.39 is 0 Å². The van der Waals surface area contributed by atoms with Crippen LogP contribution in [0.4, 0.5) is 0 Å². The normalized spacial score (nSPS) is 11.3. The largest absolute Gasteiger partial charge is 0.0654 e. The lowest BCUT2D eigenvalue weighted by molar-refractivity contribution is 0.664. The first-order valence-electron chi connectivity index (χ1n) is 19.0. The van der Waals surface area contributed by atoms with Crippen LogP contribution >= 0.6 is 0 Å². The average Bonchev–Trinajstić information content (AvgIpc) is 3.12. The SMILES string of the molecule is CCCCCCc1cc(-c2ccc(-c3ccc(C)c(CC)c3)cc2)c(CCCCCC)cc1-c1ccc(-c2ccc(C)c(CC)c2)cc1. The maximum atomic E-state index is 2.56. The molecule has 0 heterocycles. The molecule has 0 nitrogen and oxygen atoms in total. The molecule has 0 amide bonds. The zero-order chi connectivity index (χ0) is 33.9. The van der Waals surface area contributed by atoms with Gasteiger partial charge in [-0.2, -0.15) is 0 Å². The third-order valence-electron chi connectivity index (χ3n) is 10.4. The van der Waals surface area contributed by atoms with Gasteiger partial charge in [0.05, 0.1) is 0 Å². The summed E-state index contributed by atoms with van der Waals surface area (Å²) in [6.07, 6.45) is 14.6. The van der Waals surface area contributed by atoms with Crippen LogP contribution in [0.25, 0.3) is 44.5 Å². The third kappa shape index (κ3) is 8.76. The molecule has 0 aliphatic heterocycles. The van der Waals surface area contributed by atoms with E-state index in [1.807, 2.05) is 0 Å². The van der Waals surface area contributed by atoms with Crippen LogP contribution in [-0.2, 0) is 25.7 Å². The lowest BCUT2D eigenvalue weighted by Crippen LogP contribution is -1.99. The summed E-state index contributed by atoms with van der Waals surface area (Å²) in [7, 11) is 0. The number of unbranched alkanes of at least 4 members (excludes halogenated alkanes) is 6. The quantitative estimate of drug-likeness (QED) is 0.0947. The van der Waals surface area contributed by atoms with Gasteiger partial charge in [0.25, 0.3) is 0 Å². The lowest BCUT2D eigenvalue weighted by atomic mass is 9.86. The predicted molar refractivity (Wildman–Crippen MR) is 212 cm³/mol. The van der Waals surface area contributed by atoms with Gasteiger partial charge in [-0.3, -0.25) is 0 Å². The van der Waals surface area contributed by atoms with E-state index in [4.69, 9.17) is 0 Å². The highest BCUT2D eigenvalue weighted by molar-refractivity contribution is 5.79. The molecule has 0 fully saturated rings. The summed E-state index contributed by atoms with van der Waals surface area (Å²) in [6, 6.07) is 37.8. The van der Waals surface area contributed by atoms with Crippen molar-refractivity contribution in [3.05, 3.63) is 130 Å². The van der Waals surface area contributed by atoms with Crippen molar-refractivity contribution >= 4 is 0 Å². The standard InChI is InChI=1S/C48H58/c1-7-11-13-15-17-45-33-48(42-29-25-40(26-30-42)44-22-20-36(6)38(10-4)32-44)46(18-16-14-12-8-2)34-47(45)41-27-23-39(24-28-41)43-21-19-35(5)37(9-3)31-43/h19-34H,7-18H2,1-6H3. The summed E-state index contributed by atoms with van der Waals surface area (Å²) in [6.45, 7) is 13.6. The Labute approximate surface area is 292 Å². The van der Waals surface area contributed by atoms with Crippen LogP contribution in [0.1, 0.15) is 112 Å². The topological polar surface area (TPSA) is 0 Å². The van der Waals surface area contributed by atoms with Crippen LogP contribution in [0.15, 0.2) is 97.1 Å². The van der Waals surface area contributed by atoms with E-state index in [1.54, 1.807) is 0 Å². The van der Waals surface area contributed by atoms with Gasteiger partial charge in [0, 0.05) is 0 Å². The third-order valence-corrected chi connectivity index (χ3v) is 10.4. The van der Waals surface area contributed by atoms with Crippen molar-refractivity contribution < 1.29 is 0 Å². The number of hydrogen-bond acceptors (Lipinski definition) is 0. The van der Waals surface area contributed by atoms with Gasteiger partial charge in [-0.15, -0.1) is 0 Å². The van der Waals surface area contributed by atoms with Gasteiger partial charge < -0.3 is 0 Å². The van der Waals surface area contributed by atoms with Gasteiger partial charge in [-0.05, 0) is 130 Å². The maximum absolute atomic E-state index is 2.56. The molecule has 0 bridgehead atoms. The van der Waals surface area contributed by atoms with E-state index in [0.29, 0.717) is 0 Å².